The summed E-state index contributed by atoms with van der Waals surface area (Å²) < 4.78 is 0. The van der Waals surface area contributed by atoms with Crippen molar-refractivity contribution < 1.29 is 19.2 Å². The number of allylic oxidation sites excluding steroid dienone is 2. The predicted molar refractivity (Wildman–Crippen MR) is 135 cm³/mol. The molecule has 2 amide bonds. The third-order valence-corrected chi connectivity index (χ3v) is 4.77. The highest BCUT2D eigenvalue weighted by atomic mass is 16.2. The molecule has 2 N–H and O–H groups in total. The predicted octanol–water partition coefficient (Wildman–Crippen LogP) is 5.40. The van der Waals surface area contributed by atoms with Gasteiger partial charge in [-0.2, -0.15) is 0 Å². The largest absolute Gasteiger partial charge is 0.326 e. The van der Waals surface area contributed by atoms with Crippen molar-refractivity contribution >= 4 is 46.9 Å². The lowest BCUT2D eigenvalue weighted by molar-refractivity contribution is -0.115. The SMILES string of the molecule is CC(=O)Nc1ccc(C(=O)C=Cc2ccc(C=CC(=O)c3ccc(NC(C)=O)cc3)cc2)cc1. The molecule has 34 heavy (non-hydrogen) atoms. The topological polar surface area (TPSA) is 92.3 Å². The van der Waals surface area contributed by atoms with Gasteiger partial charge in [0.2, 0.25) is 11.8 Å². The van der Waals surface area contributed by atoms with E-state index >= 15 is 0 Å². The summed E-state index contributed by atoms with van der Waals surface area (Å²) in [4.78, 5) is 46.9. The highest BCUT2D eigenvalue weighted by Crippen LogP contribution is 2.14. The lowest BCUT2D eigenvalue weighted by Gasteiger charge is -2.02. The average molecular weight is 453 g/mol. The first-order valence-corrected chi connectivity index (χ1v) is 10.6. The summed E-state index contributed by atoms with van der Waals surface area (Å²) in [6.45, 7) is 2.85. The van der Waals surface area contributed by atoms with Gasteiger partial charge in [0, 0.05) is 36.3 Å². The summed E-state index contributed by atoms with van der Waals surface area (Å²) >= 11 is 0. The van der Waals surface area contributed by atoms with Crippen molar-refractivity contribution in [2.75, 3.05) is 10.6 Å². The minimum Gasteiger partial charge on any atom is -0.326 e. The van der Waals surface area contributed by atoms with Crippen molar-refractivity contribution in [1.29, 1.82) is 0 Å². The zero-order chi connectivity index (χ0) is 24.5. The second kappa shape index (κ2) is 11.3. The maximum absolute atomic E-state index is 12.4. The lowest BCUT2D eigenvalue weighted by atomic mass is 10.1. The van der Waals surface area contributed by atoms with Crippen LogP contribution in [0.2, 0.25) is 0 Å². The lowest BCUT2D eigenvalue weighted by Crippen LogP contribution is -2.05. The summed E-state index contributed by atoms with van der Waals surface area (Å²) in [5.41, 5.74) is 4.01. The Morgan fingerprint density at radius 3 is 1.15 bits per heavy atom. The molecule has 3 rings (SSSR count). The molecule has 0 saturated carbocycles. The first kappa shape index (κ1) is 24.1. The van der Waals surface area contributed by atoms with E-state index in [9.17, 15) is 19.2 Å². The second-order valence-electron chi connectivity index (χ2n) is 7.58. The highest BCUT2D eigenvalue weighted by Gasteiger charge is 2.04. The Kier molecular flexibility index (Phi) is 8.02. The van der Waals surface area contributed by atoms with Crippen LogP contribution in [0.5, 0.6) is 0 Å². The van der Waals surface area contributed by atoms with Crippen LogP contribution in [-0.4, -0.2) is 23.4 Å². The van der Waals surface area contributed by atoms with E-state index < -0.39 is 0 Å². The van der Waals surface area contributed by atoms with Crippen molar-refractivity contribution in [1.82, 2.24) is 0 Å². The standard InChI is InChI=1S/C28H24N2O4/c1-19(31)29-25-13-9-23(10-14-25)27(33)17-7-21-3-5-22(6-4-21)8-18-28(34)24-11-15-26(16-12-24)30-20(2)32/h3-18H,1-2H3,(H,29,31)(H,30,32). The number of carbonyl (C=O) groups excluding carboxylic acids is 4. The maximum Gasteiger partial charge on any atom is 0.221 e. The Morgan fingerprint density at radius 1 is 0.529 bits per heavy atom. The molecule has 0 heterocycles. The normalized spacial score (nSPS) is 10.9. The molecule has 0 spiro atoms. The summed E-state index contributed by atoms with van der Waals surface area (Å²) in [5.74, 6) is -0.625. The molecular formula is C28H24N2O4. The molecule has 0 saturated heterocycles. The van der Waals surface area contributed by atoms with Crippen LogP contribution in [0.3, 0.4) is 0 Å². The number of hydrogen-bond donors (Lipinski definition) is 2. The minimum absolute atomic E-state index is 0.145. The van der Waals surface area contributed by atoms with Crippen LogP contribution in [0.15, 0.2) is 84.9 Å². The fraction of sp³-hybridized carbons (Fsp3) is 0.0714. The fourth-order valence-corrected chi connectivity index (χ4v) is 3.10. The van der Waals surface area contributed by atoms with Crippen LogP contribution in [0.25, 0.3) is 12.2 Å². The quantitative estimate of drug-likeness (QED) is 0.354. The molecule has 0 radical (unpaired) electrons. The van der Waals surface area contributed by atoms with Crippen molar-refractivity contribution in [2.45, 2.75) is 13.8 Å². The third kappa shape index (κ3) is 7.24. The van der Waals surface area contributed by atoms with E-state index in [0.717, 1.165) is 11.1 Å². The first-order chi connectivity index (χ1) is 16.3. The maximum atomic E-state index is 12.4. The van der Waals surface area contributed by atoms with Crippen LogP contribution in [0.4, 0.5) is 11.4 Å². The number of amides is 2. The number of carbonyl (C=O) groups is 4. The van der Waals surface area contributed by atoms with Crippen molar-refractivity contribution in [3.05, 3.63) is 107 Å². The van der Waals surface area contributed by atoms with Crippen molar-refractivity contribution in [3.8, 4) is 0 Å². The van der Waals surface area contributed by atoms with Crippen molar-refractivity contribution in [2.24, 2.45) is 0 Å². The first-order valence-electron chi connectivity index (χ1n) is 10.6. The van der Waals surface area contributed by atoms with Crippen LogP contribution < -0.4 is 10.6 Å². The molecule has 0 aromatic heterocycles. The smallest absolute Gasteiger partial charge is 0.221 e. The highest BCUT2D eigenvalue weighted by molar-refractivity contribution is 6.08. The molecule has 3 aromatic rings. The van der Waals surface area contributed by atoms with E-state index in [1.165, 1.54) is 26.0 Å². The zero-order valence-corrected chi connectivity index (χ0v) is 18.9. The molecule has 6 heteroatoms. The van der Waals surface area contributed by atoms with Crippen LogP contribution >= 0.6 is 0 Å². The van der Waals surface area contributed by atoms with E-state index in [1.54, 1.807) is 60.7 Å². The van der Waals surface area contributed by atoms with Crippen LogP contribution in [0.1, 0.15) is 45.7 Å². The third-order valence-electron chi connectivity index (χ3n) is 4.77. The summed E-state index contributed by atoms with van der Waals surface area (Å²) in [5, 5.41) is 5.32. The van der Waals surface area contributed by atoms with Gasteiger partial charge < -0.3 is 10.6 Å². The zero-order valence-electron chi connectivity index (χ0n) is 18.9. The molecule has 0 aliphatic carbocycles. The molecular weight excluding hydrogens is 428 g/mol. The number of anilines is 2. The van der Waals surface area contributed by atoms with Gasteiger partial charge in [-0.25, -0.2) is 0 Å². The van der Waals surface area contributed by atoms with Gasteiger partial charge in [-0.3, -0.25) is 19.2 Å². The second-order valence-corrected chi connectivity index (χ2v) is 7.58. The van der Waals surface area contributed by atoms with Crippen molar-refractivity contribution in [3.63, 3.8) is 0 Å². The van der Waals surface area contributed by atoms with E-state index in [4.69, 9.17) is 0 Å². The number of nitrogens with one attached hydrogen (secondary N) is 2. The molecule has 3 aromatic carbocycles. The summed E-state index contributed by atoms with van der Waals surface area (Å²) in [6.07, 6.45) is 6.43. The number of rotatable bonds is 8. The van der Waals surface area contributed by atoms with Crippen LogP contribution in [0, 0.1) is 0 Å². The number of ketones is 2. The van der Waals surface area contributed by atoms with E-state index in [-0.39, 0.29) is 23.4 Å². The van der Waals surface area contributed by atoms with E-state index in [2.05, 4.69) is 10.6 Å². The summed E-state index contributed by atoms with van der Waals surface area (Å²) in [7, 11) is 0. The molecule has 0 aliphatic rings. The van der Waals surface area contributed by atoms with E-state index in [0.29, 0.717) is 22.5 Å². The molecule has 0 aliphatic heterocycles. The molecule has 0 atom stereocenters. The number of benzene rings is 3. The van der Waals surface area contributed by atoms with Gasteiger partial charge in [0.25, 0.3) is 0 Å². The van der Waals surface area contributed by atoms with Gasteiger partial charge in [-0.1, -0.05) is 36.4 Å². The van der Waals surface area contributed by atoms with Gasteiger partial charge in [0.05, 0.1) is 0 Å². The van der Waals surface area contributed by atoms with Crippen LogP contribution in [-0.2, 0) is 9.59 Å². The van der Waals surface area contributed by atoms with Gasteiger partial charge in [-0.15, -0.1) is 0 Å². The van der Waals surface area contributed by atoms with E-state index in [1.807, 2.05) is 24.3 Å². The minimum atomic E-state index is -0.168. The molecule has 6 nitrogen and oxygen atoms in total. The Morgan fingerprint density at radius 2 is 0.853 bits per heavy atom. The average Bonchev–Trinajstić information content (AvgIpc) is 2.82. The Balaban J connectivity index is 1.57. The molecule has 0 unspecified atom stereocenters. The van der Waals surface area contributed by atoms with Gasteiger partial charge in [0.1, 0.15) is 0 Å². The monoisotopic (exact) mass is 452 g/mol. The molecule has 0 bridgehead atoms. The Hall–Kier alpha value is -4.58. The molecule has 170 valence electrons. The summed E-state index contributed by atoms with van der Waals surface area (Å²) in [6, 6.07) is 20.8. The van der Waals surface area contributed by atoms with Gasteiger partial charge in [0.15, 0.2) is 11.6 Å². The number of hydrogen-bond acceptors (Lipinski definition) is 4. The van der Waals surface area contributed by atoms with Gasteiger partial charge >= 0.3 is 0 Å². The fourth-order valence-electron chi connectivity index (χ4n) is 3.10. The Bertz CT molecular complexity index is 1150. The van der Waals surface area contributed by atoms with Gasteiger partial charge in [-0.05, 0) is 71.8 Å². The Labute approximate surface area is 198 Å². The molecule has 0 fully saturated rings.